The van der Waals surface area contributed by atoms with Crippen LogP contribution in [0, 0.1) is 0 Å². The first-order chi connectivity index (χ1) is 7.74. The molecule has 1 aromatic heterocycles. The van der Waals surface area contributed by atoms with E-state index in [4.69, 9.17) is 9.52 Å². The molecular weight excluding hydrogens is 206 g/mol. The molecule has 0 aromatic carbocycles. The van der Waals surface area contributed by atoms with Crippen molar-refractivity contribution in [2.45, 2.75) is 32.7 Å². The van der Waals surface area contributed by atoms with Crippen LogP contribution in [-0.4, -0.2) is 35.1 Å². The Bertz CT molecular complexity index is 304. The lowest BCUT2D eigenvalue weighted by molar-refractivity contribution is 0.0621. The van der Waals surface area contributed by atoms with E-state index in [0.29, 0.717) is 12.1 Å². The van der Waals surface area contributed by atoms with Gasteiger partial charge in [-0.2, -0.15) is 0 Å². The zero-order chi connectivity index (χ0) is 12.0. The summed E-state index contributed by atoms with van der Waals surface area (Å²) >= 11 is 0. The Morgan fingerprint density at radius 3 is 2.62 bits per heavy atom. The quantitative estimate of drug-likeness (QED) is 0.804. The number of aliphatic hydroxyl groups is 1. The van der Waals surface area contributed by atoms with Crippen LogP contribution in [0.25, 0.3) is 0 Å². The van der Waals surface area contributed by atoms with E-state index in [1.54, 1.807) is 11.0 Å². The van der Waals surface area contributed by atoms with Crippen LogP contribution >= 0.6 is 0 Å². The van der Waals surface area contributed by atoms with Gasteiger partial charge in [-0.1, -0.05) is 13.8 Å². The molecule has 1 rings (SSSR count). The Morgan fingerprint density at radius 1 is 1.50 bits per heavy atom. The molecule has 1 amide bonds. The van der Waals surface area contributed by atoms with Gasteiger partial charge in [-0.25, -0.2) is 0 Å². The molecule has 0 radical (unpaired) electrons. The van der Waals surface area contributed by atoms with Crippen LogP contribution in [0.4, 0.5) is 0 Å². The smallest absolute Gasteiger partial charge is 0.257 e. The predicted molar refractivity (Wildman–Crippen MR) is 61.2 cm³/mol. The number of nitrogens with zero attached hydrogens (tertiary/aromatic N) is 1. The molecule has 0 aliphatic carbocycles. The third kappa shape index (κ3) is 2.85. The lowest BCUT2D eigenvalue weighted by Crippen LogP contribution is -2.41. The second-order valence-corrected chi connectivity index (χ2v) is 3.70. The Balaban J connectivity index is 2.80. The number of furan rings is 1. The van der Waals surface area contributed by atoms with Crippen LogP contribution in [0.1, 0.15) is 37.0 Å². The van der Waals surface area contributed by atoms with Crippen LogP contribution < -0.4 is 0 Å². The number of hydrogen-bond acceptors (Lipinski definition) is 3. The number of hydrogen-bond donors (Lipinski definition) is 1. The molecule has 0 saturated carbocycles. The molecule has 1 aromatic rings. The first-order valence-corrected chi connectivity index (χ1v) is 5.68. The second kappa shape index (κ2) is 6.33. The van der Waals surface area contributed by atoms with Gasteiger partial charge in [0.15, 0.2) is 0 Å². The molecule has 4 nitrogen and oxygen atoms in total. The molecule has 16 heavy (non-hydrogen) atoms. The monoisotopic (exact) mass is 225 g/mol. The van der Waals surface area contributed by atoms with Gasteiger partial charge in [0.1, 0.15) is 6.26 Å². The van der Waals surface area contributed by atoms with Crippen molar-refractivity contribution < 1.29 is 14.3 Å². The number of aliphatic hydroxyl groups excluding tert-OH is 1. The highest BCUT2D eigenvalue weighted by molar-refractivity contribution is 5.94. The summed E-state index contributed by atoms with van der Waals surface area (Å²) in [7, 11) is 0. The molecular formula is C12H19NO3. The van der Waals surface area contributed by atoms with Gasteiger partial charge in [-0.3, -0.25) is 4.79 Å². The van der Waals surface area contributed by atoms with Crippen molar-refractivity contribution in [2.75, 3.05) is 13.2 Å². The minimum atomic E-state index is -0.0727. The van der Waals surface area contributed by atoms with E-state index in [-0.39, 0.29) is 18.6 Å². The molecule has 0 bridgehead atoms. The molecule has 0 aliphatic heterocycles. The number of rotatable bonds is 6. The number of carbonyl (C=O) groups excluding carboxylic acids is 1. The van der Waals surface area contributed by atoms with Crippen molar-refractivity contribution in [3.8, 4) is 0 Å². The van der Waals surface area contributed by atoms with Crippen molar-refractivity contribution in [1.29, 1.82) is 0 Å². The van der Waals surface area contributed by atoms with Gasteiger partial charge in [0.25, 0.3) is 5.91 Å². The van der Waals surface area contributed by atoms with Crippen molar-refractivity contribution in [3.63, 3.8) is 0 Å². The number of amides is 1. The molecule has 0 atom stereocenters. The van der Waals surface area contributed by atoms with E-state index in [0.717, 1.165) is 12.8 Å². The average molecular weight is 225 g/mol. The van der Waals surface area contributed by atoms with E-state index >= 15 is 0 Å². The molecule has 0 spiro atoms. The van der Waals surface area contributed by atoms with E-state index in [2.05, 4.69) is 0 Å². The first kappa shape index (κ1) is 12.8. The van der Waals surface area contributed by atoms with Gasteiger partial charge >= 0.3 is 0 Å². The molecule has 0 aliphatic rings. The minimum Gasteiger partial charge on any atom is -0.472 e. The van der Waals surface area contributed by atoms with Gasteiger partial charge in [-0.15, -0.1) is 0 Å². The summed E-state index contributed by atoms with van der Waals surface area (Å²) in [5.41, 5.74) is 0.542. The van der Waals surface area contributed by atoms with Crippen molar-refractivity contribution >= 4 is 5.91 Å². The molecule has 1 heterocycles. The fraction of sp³-hybridized carbons (Fsp3) is 0.583. The maximum atomic E-state index is 12.1. The summed E-state index contributed by atoms with van der Waals surface area (Å²) in [6.07, 6.45) is 4.70. The Labute approximate surface area is 95.9 Å². The largest absolute Gasteiger partial charge is 0.472 e. The third-order valence-corrected chi connectivity index (χ3v) is 2.75. The van der Waals surface area contributed by atoms with Crippen molar-refractivity contribution in [3.05, 3.63) is 24.2 Å². The maximum Gasteiger partial charge on any atom is 0.257 e. The molecule has 90 valence electrons. The fourth-order valence-electron chi connectivity index (χ4n) is 1.84. The zero-order valence-corrected chi connectivity index (χ0v) is 9.85. The predicted octanol–water partition coefficient (Wildman–Crippen LogP) is 1.90. The summed E-state index contributed by atoms with van der Waals surface area (Å²) in [5, 5.41) is 9.01. The SMILES string of the molecule is CCC(CC)N(CCO)C(=O)c1ccoc1. The van der Waals surface area contributed by atoms with E-state index in [1.165, 1.54) is 12.5 Å². The molecule has 0 saturated heterocycles. The summed E-state index contributed by atoms with van der Waals surface area (Å²) in [4.78, 5) is 13.8. The van der Waals surface area contributed by atoms with Crippen molar-refractivity contribution in [1.82, 2.24) is 4.90 Å². The van der Waals surface area contributed by atoms with Crippen LogP contribution in [0.3, 0.4) is 0 Å². The Morgan fingerprint density at radius 2 is 2.19 bits per heavy atom. The topological polar surface area (TPSA) is 53.7 Å². The zero-order valence-electron chi connectivity index (χ0n) is 9.85. The summed E-state index contributed by atoms with van der Waals surface area (Å²) < 4.78 is 4.90. The lowest BCUT2D eigenvalue weighted by atomic mass is 10.1. The van der Waals surface area contributed by atoms with Crippen LogP contribution in [0.2, 0.25) is 0 Å². The number of carbonyl (C=O) groups is 1. The molecule has 0 unspecified atom stereocenters. The summed E-state index contributed by atoms with van der Waals surface area (Å²) in [6.45, 7) is 4.44. The average Bonchev–Trinajstić information content (AvgIpc) is 2.82. The normalized spacial score (nSPS) is 10.8. The lowest BCUT2D eigenvalue weighted by Gasteiger charge is -2.29. The molecule has 4 heteroatoms. The second-order valence-electron chi connectivity index (χ2n) is 3.70. The third-order valence-electron chi connectivity index (χ3n) is 2.75. The van der Waals surface area contributed by atoms with Gasteiger partial charge in [0, 0.05) is 12.6 Å². The van der Waals surface area contributed by atoms with E-state index in [9.17, 15) is 4.79 Å². The molecule has 0 fully saturated rings. The highest BCUT2D eigenvalue weighted by atomic mass is 16.3. The molecule has 1 N–H and O–H groups in total. The highest BCUT2D eigenvalue weighted by Gasteiger charge is 2.22. The minimum absolute atomic E-state index is 0.0138. The van der Waals surface area contributed by atoms with E-state index in [1.807, 2.05) is 13.8 Å². The van der Waals surface area contributed by atoms with Crippen LogP contribution in [0.5, 0.6) is 0 Å². The Kier molecular flexibility index (Phi) is 5.05. The fourth-order valence-corrected chi connectivity index (χ4v) is 1.84. The highest BCUT2D eigenvalue weighted by Crippen LogP contribution is 2.13. The Hall–Kier alpha value is -1.29. The summed E-state index contributed by atoms with van der Waals surface area (Å²) in [5.74, 6) is -0.0727. The maximum absolute atomic E-state index is 12.1. The van der Waals surface area contributed by atoms with Gasteiger partial charge < -0.3 is 14.4 Å². The van der Waals surface area contributed by atoms with Crippen LogP contribution in [-0.2, 0) is 0 Å². The summed E-state index contributed by atoms with van der Waals surface area (Å²) in [6, 6.07) is 1.82. The van der Waals surface area contributed by atoms with E-state index < -0.39 is 0 Å². The van der Waals surface area contributed by atoms with Gasteiger partial charge in [-0.05, 0) is 18.9 Å². The van der Waals surface area contributed by atoms with Crippen molar-refractivity contribution in [2.24, 2.45) is 0 Å². The van der Waals surface area contributed by atoms with Gasteiger partial charge in [0.2, 0.25) is 0 Å². The van der Waals surface area contributed by atoms with Gasteiger partial charge in [0.05, 0.1) is 18.4 Å². The standard InChI is InChI=1S/C12H19NO3/c1-3-11(4-2)13(6-7-14)12(15)10-5-8-16-9-10/h5,8-9,11,14H,3-4,6-7H2,1-2H3. The van der Waals surface area contributed by atoms with Crippen LogP contribution in [0.15, 0.2) is 23.0 Å². The first-order valence-electron chi connectivity index (χ1n) is 5.68.